The van der Waals surface area contributed by atoms with Gasteiger partial charge in [0.05, 0.1) is 40.2 Å². The molecule has 0 spiro atoms. The molecule has 2 aliphatic heterocycles. The van der Waals surface area contributed by atoms with Crippen LogP contribution in [0.1, 0.15) is 55.2 Å². The molecule has 28 heteroatoms. The van der Waals surface area contributed by atoms with Crippen LogP contribution < -0.4 is 24.6 Å². The van der Waals surface area contributed by atoms with Gasteiger partial charge in [-0.2, -0.15) is 13.2 Å². The third kappa shape index (κ3) is 16.5. The highest BCUT2D eigenvalue weighted by Crippen LogP contribution is 2.43. The Labute approximate surface area is 502 Å². The molecule has 3 heterocycles. The number of sulfonamides is 2. The van der Waals surface area contributed by atoms with Crippen molar-refractivity contribution in [3.05, 3.63) is 138 Å². The Balaban J connectivity index is 0.958. The number of benzene rings is 5. The van der Waals surface area contributed by atoms with Gasteiger partial charge in [0.1, 0.15) is 11.5 Å². The number of rotatable bonds is 23. The van der Waals surface area contributed by atoms with Gasteiger partial charge in [-0.15, -0.1) is 11.8 Å². The molecule has 0 aliphatic carbocycles. The van der Waals surface area contributed by atoms with Gasteiger partial charge in [-0.05, 0) is 143 Å². The van der Waals surface area contributed by atoms with Crippen LogP contribution in [0.2, 0.25) is 5.02 Å². The van der Waals surface area contributed by atoms with E-state index in [0.717, 1.165) is 40.2 Å². The molecule has 0 radical (unpaired) electrons. The van der Waals surface area contributed by atoms with E-state index in [1.807, 2.05) is 90.0 Å². The molecule has 1 amide bonds. The van der Waals surface area contributed by atoms with E-state index in [1.54, 1.807) is 31.2 Å². The Bertz CT molecular complexity index is 3770. The Morgan fingerprint density at radius 1 is 0.800 bits per heavy atom. The summed E-state index contributed by atoms with van der Waals surface area (Å²) in [5.74, 6) is -1.56. The number of ether oxygens (including phenoxy) is 1. The number of piperazine rings is 1. The van der Waals surface area contributed by atoms with Crippen LogP contribution >= 0.6 is 31.0 Å². The number of amides is 1. The van der Waals surface area contributed by atoms with Crippen molar-refractivity contribution in [2.24, 2.45) is 5.92 Å². The molecule has 1 unspecified atom stereocenters. The SMILES string of the molecule is Cc1c(C(=O)NS(C)(=O)=O)c(-c2cccc(N3CCN(c4ccc(NS(=O)(=O)c5ccc(NC(CCN6CCC(C(=O)OCCP(=O)(O)O)CC6)CSc6ccccc6)c(S(=O)(=O)C(F)(F)F)c5)cc4)CC3)c2)c(-c2ccc(Cl)cc2)n1C(C)C. The average Bonchev–Trinajstić information content (AvgIpc) is 3.00. The highest BCUT2D eigenvalue weighted by atomic mass is 35.5. The van der Waals surface area contributed by atoms with Gasteiger partial charge < -0.3 is 39.1 Å². The van der Waals surface area contributed by atoms with E-state index in [1.165, 1.54) is 23.9 Å². The van der Waals surface area contributed by atoms with Crippen LogP contribution in [-0.2, 0) is 44.0 Å². The molecule has 0 bridgehead atoms. The largest absolute Gasteiger partial charge is 0.501 e. The molecule has 2 aliphatic rings. The third-order valence-corrected chi connectivity index (χ3v) is 20.3. The highest BCUT2D eigenvalue weighted by molar-refractivity contribution is 7.99. The number of piperidine rings is 1. The molecule has 2 saturated heterocycles. The first kappa shape index (κ1) is 64.9. The van der Waals surface area contributed by atoms with E-state index in [2.05, 4.69) is 24.6 Å². The first-order valence-corrected chi connectivity index (χ1v) is 35.1. The maximum absolute atomic E-state index is 14.5. The van der Waals surface area contributed by atoms with Crippen molar-refractivity contribution in [3.63, 3.8) is 0 Å². The molecule has 85 heavy (non-hydrogen) atoms. The second-order valence-corrected chi connectivity index (χ2v) is 29.7. The zero-order valence-electron chi connectivity index (χ0n) is 46.8. The monoisotopic (exact) mass is 1290 g/mol. The van der Waals surface area contributed by atoms with E-state index in [4.69, 9.17) is 26.1 Å². The molecule has 458 valence electrons. The maximum Gasteiger partial charge on any atom is 0.501 e. The third-order valence-electron chi connectivity index (χ3n) is 14.6. The summed E-state index contributed by atoms with van der Waals surface area (Å²) in [6.45, 7) is 8.74. The first-order chi connectivity index (χ1) is 40.0. The lowest BCUT2D eigenvalue weighted by atomic mass is 9.96. The number of nitrogens with zero attached hydrogens (tertiary/aromatic N) is 4. The van der Waals surface area contributed by atoms with Gasteiger partial charge in [0, 0.05) is 88.8 Å². The van der Waals surface area contributed by atoms with E-state index in [0.29, 0.717) is 98.7 Å². The number of carbonyl (C=O) groups is 2. The molecule has 5 N–H and O–H groups in total. The van der Waals surface area contributed by atoms with Gasteiger partial charge in [0.25, 0.3) is 25.8 Å². The summed E-state index contributed by atoms with van der Waals surface area (Å²) >= 11 is 7.67. The Hall–Kier alpha value is -6.09. The van der Waals surface area contributed by atoms with Gasteiger partial charge in [0.2, 0.25) is 10.0 Å². The number of esters is 1. The number of hydrogen-bond acceptors (Lipinski definition) is 15. The molecule has 19 nitrogen and oxygen atoms in total. The topological polar surface area (TPSA) is 254 Å². The number of carbonyl (C=O) groups excluding carboxylic acids is 2. The lowest BCUT2D eigenvalue weighted by Crippen LogP contribution is -2.46. The fraction of sp³-hybridized carbons (Fsp3) is 0.368. The predicted octanol–water partition coefficient (Wildman–Crippen LogP) is 9.87. The maximum atomic E-state index is 14.5. The number of likely N-dealkylation sites (tertiary alicyclic amines) is 1. The molecule has 2 fully saturated rings. The predicted molar refractivity (Wildman–Crippen MR) is 325 cm³/mol. The van der Waals surface area contributed by atoms with Crippen LogP contribution in [0, 0.1) is 12.8 Å². The first-order valence-electron chi connectivity index (χ1n) is 27.1. The molecule has 0 saturated carbocycles. The molecule has 5 aromatic carbocycles. The van der Waals surface area contributed by atoms with Crippen LogP contribution in [0.3, 0.4) is 0 Å². The summed E-state index contributed by atoms with van der Waals surface area (Å²) in [6.07, 6.45) is 1.41. The number of hydrogen-bond donors (Lipinski definition) is 5. The summed E-state index contributed by atoms with van der Waals surface area (Å²) < 4.78 is 145. The smallest absolute Gasteiger partial charge is 0.465 e. The Morgan fingerprint density at radius 3 is 2.04 bits per heavy atom. The summed E-state index contributed by atoms with van der Waals surface area (Å²) in [4.78, 5) is 49.8. The van der Waals surface area contributed by atoms with Crippen molar-refractivity contribution in [2.75, 3.05) is 90.4 Å². The fourth-order valence-electron chi connectivity index (χ4n) is 10.4. The van der Waals surface area contributed by atoms with E-state index in [-0.39, 0.29) is 23.0 Å². The number of nitrogens with one attached hydrogen (secondary N) is 3. The summed E-state index contributed by atoms with van der Waals surface area (Å²) in [6, 6.07) is 32.1. The van der Waals surface area contributed by atoms with Crippen LogP contribution in [-0.4, -0.2) is 139 Å². The van der Waals surface area contributed by atoms with Gasteiger partial charge >= 0.3 is 19.1 Å². The number of alkyl halides is 3. The Kier molecular flexibility index (Phi) is 20.5. The molecule has 6 aromatic rings. The number of anilines is 4. The number of aromatic nitrogens is 1. The normalized spacial score (nSPS) is 15.4. The second kappa shape index (κ2) is 26.9. The molecular weight excluding hydrogens is 1230 g/mol. The molecular formula is C57H66ClF3N7O12PS4. The van der Waals surface area contributed by atoms with Gasteiger partial charge in [-0.3, -0.25) is 18.9 Å². The highest BCUT2D eigenvalue weighted by Gasteiger charge is 2.48. The minimum absolute atomic E-state index is 0.0598. The van der Waals surface area contributed by atoms with Crippen molar-refractivity contribution in [3.8, 4) is 22.4 Å². The van der Waals surface area contributed by atoms with Crippen molar-refractivity contribution in [1.82, 2.24) is 14.2 Å². The minimum Gasteiger partial charge on any atom is -0.465 e. The standard InChI is InChI=1S/C57H66ClF3N7O12PS4/c1-38(2)68-39(3)52(55(69)64-83(4,74)75)53(54(68)40-13-15-43(58)16-14-40)42-9-8-10-47(35-42)67-31-29-66(30-32-67)46-19-17-44(18-20-46)63-85(78,79)49-21-22-50(51(36-49)84(76,77)57(59,60)61)62-45(37-82-48-11-6-5-7-12-48)25-28-65-26-23-41(24-27-65)56(70)80-33-34-81(71,72)73/h5-22,35-36,38,41,45,62-63H,23-34,37H2,1-4H3,(H,64,69)(H2,71,72,73). The summed E-state index contributed by atoms with van der Waals surface area (Å²) in [7, 11) is -19.1. The van der Waals surface area contributed by atoms with Crippen molar-refractivity contribution >= 4 is 95.5 Å². The zero-order chi connectivity index (χ0) is 61.6. The van der Waals surface area contributed by atoms with Crippen LogP contribution in [0.4, 0.5) is 35.9 Å². The van der Waals surface area contributed by atoms with Gasteiger partial charge in [0.15, 0.2) is 0 Å². The van der Waals surface area contributed by atoms with Gasteiger partial charge in [-0.25, -0.2) is 30.0 Å². The van der Waals surface area contributed by atoms with Crippen LogP contribution in [0.5, 0.6) is 0 Å². The van der Waals surface area contributed by atoms with E-state index >= 15 is 0 Å². The number of halogens is 4. The molecule has 8 rings (SSSR count). The van der Waals surface area contributed by atoms with Crippen LogP contribution in [0.15, 0.2) is 136 Å². The van der Waals surface area contributed by atoms with Crippen molar-refractivity contribution in [1.29, 1.82) is 0 Å². The van der Waals surface area contributed by atoms with Crippen molar-refractivity contribution < 1.29 is 67.1 Å². The average molecular weight is 1290 g/mol. The molecule has 1 atom stereocenters. The molecule has 1 aromatic heterocycles. The van der Waals surface area contributed by atoms with E-state index < -0.39 is 95.1 Å². The Morgan fingerprint density at radius 2 is 1.44 bits per heavy atom. The second-order valence-electron chi connectivity index (χ2n) is 21.1. The van der Waals surface area contributed by atoms with Crippen LogP contribution in [0.25, 0.3) is 22.4 Å². The number of thioether (sulfide) groups is 1. The number of sulfone groups is 1. The van der Waals surface area contributed by atoms with E-state index in [9.17, 15) is 52.6 Å². The quantitative estimate of drug-likeness (QED) is 0.0227. The summed E-state index contributed by atoms with van der Waals surface area (Å²) in [5, 5.41) is 3.51. The van der Waals surface area contributed by atoms with Gasteiger partial charge in [-0.1, -0.05) is 54.1 Å². The van der Waals surface area contributed by atoms with Crippen molar-refractivity contribution in [2.45, 2.75) is 72.3 Å². The zero-order valence-corrected chi connectivity index (χ0v) is 51.7. The lowest BCUT2D eigenvalue weighted by Gasteiger charge is -2.37. The minimum atomic E-state index is -6.13. The lowest BCUT2D eigenvalue weighted by molar-refractivity contribution is -0.149. The fourth-order valence-corrected chi connectivity index (χ4v) is 14.4. The summed E-state index contributed by atoms with van der Waals surface area (Å²) in [5.41, 5.74) is -1.09.